The number of nitrogens with one attached hydrogen (secondary N) is 1. The van der Waals surface area contributed by atoms with Gasteiger partial charge in [-0.25, -0.2) is 4.79 Å². The van der Waals surface area contributed by atoms with Crippen molar-refractivity contribution in [3.63, 3.8) is 0 Å². The van der Waals surface area contributed by atoms with Crippen LogP contribution < -0.4 is 5.32 Å². The number of urea groups is 1. The molecule has 2 rings (SSSR count). The maximum atomic E-state index is 12.4. The molecule has 0 saturated carbocycles. The molecular weight excluding hydrogens is 311 g/mol. The molecule has 2 fully saturated rings. The first-order chi connectivity index (χ1) is 10.7. The van der Waals surface area contributed by atoms with Crippen molar-refractivity contribution in [1.82, 2.24) is 15.1 Å². The second-order valence-corrected chi connectivity index (χ2v) is 6.76. The van der Waals surface area contributed by atoms with Gasteiger partial charge in [-0.05, 0) is 32.2 Å². The molecule has 2 aliphatic heterocycles. The third kappa shape index (κ3) is 5.53. The van der Waals surface area contributed by atoms with Crippen LogP contribution in [0.4, 0.5) is 18.0 Å². The lowest BCUT2D eigenvalue weighted by molar-refractivity contribution is -0.143. The first-order valence-corrected chi connectivity index (χ1v) is 8.16. The van der Waals surface area contributed by atoms with E-state index in [-0.39, 0.29) is 17.6 Å². The van der Waals surface area contributed by atoms with Crippen LogP contribution >= 0.6 is 0 Å². The van der Waals surface area contributed by atoms with E-state index in [9.17, 15) is 18.0 Å². The van der Waals surface area contributed by atoms with Gasteiger partial charge in [0.25, 0.3) is 0 Å². The molecule has 2 amide bonds. The van der Waals surface area contributed by atoms with E-state index in [0.717, 1.165) is 6.42 Å². The van der Waals surface area contributed by atoms with E-state index in [1.165, 1.54) is 4.90 Å². The molecule has 0 aromatic carbocycles. The Morgan fingerprint density at radius 3 is 2.78 bits per heavy atom. The number of carbonyl (C=O) groups is 1. The van der Waals surface area contributed by atoms with Crippen LogP contribution in [0, 0.1) is 5.92 Å². The summed E-state index contributed by atoms with van der Waals surface area (Å²) >= 11 is 0. The zero-order valence-electron chi connectivity index (χ0n) is 13.8. The van der Waals surface area contributed by atoms with Gasteiger partial charge in [-0.3, -0.25) is 4.90 Å². The number of carbonyl (C=O) groups excluding carboxylic acids is 1. The molecule has 0 radical (unpaired) electrons. The summed E-state index contributed by atoms with van der Waals surface area (Å²) in [5.74, 6) is 0.0832. The number of hydrogen-bond acceptors (Lipinski definition) is 3. The molecular formula is C15H26F3N3O2. The molecule has 8 heteroatoms. The minimum atomic E-state index is -4.16. The second kappa shape index (κ2) is 7.25. The monoisotopic (exact) mass is 337 g/mol. The van der Waals surface area contributed by atoms with Crippen molar-refractivity contribution in [2.75, 3.05) is 45.9 Å². The van der Waals surface area contributed by atoms with Gasteiger partial charge in [-0.2, -0.15) is 13.2 Å². The molecule has 23 heavy (non-hydrogen) atoms. The molecule has 5 nitrogen and oxygen atoms in total. The normalized spacial score (nSPS) is 29.8. The second-order valence-electron chi connectivity index (χ2n) is 6.76. The van der Waals surface area contributed by atoms with E-state index in [0.29, 0.717) is 45.8 Å². The Hall–Kier alpha value is -1.02. The fraction of sp³-hybridized carbons (Fsp3) is 0.933. The van der Waals surface area contributed by atoms with Crippen LogP contribution in [0.3, 0.4) is 0 Å². The van der Waals surface area contributed by atoms with Gasteiger partial charge in [0.1, 0.15) is 0 Å². The predicted octanol–water partition coefficient (Wildman–Crippen LogP) is 2.08. The number of ether oxygens (including phenoxy) is 1. The maximum Gasteiger partial charge on any atom is 0.401 e. The molecule has 1 N–H and O–H groups in total. The summed E-state index contributed by atoms with van der Waals surface area (Å²) in [7, 11) is 0. The van der Waals surface area contributed by atoms with Crippen LogP contribution in [-0.4, -0.2) is 73.5 Å². The third-order valence-corrected chi connectivity index (χ3v) is 4.69. The lowest BCUT2D eigenvalue weighted by atomic mass is 10.0. The molecule has 0 aliphatic carbocycles. The molecule has 0 aromatic rings. The van der Waals surface area contributed by atoms with Crippen molar-refractivity contribution in [1.29, 1.82) is 0 Å². The van der Waals surface area contributed by atoms with Gasteiger partial charge in [0.15, 0.2) is 0 Å². The van der Waals surface area contributed by atoms with E-state index < -0.39 is 12.7 Å². The largest absolute Gasteiger partial charge is 0.401 e. The van der Waals surface area contributed by atoms with Gasteiger partial charge >= 0.3 is 12.2 Å². The molecule has 0 unspecified atom stereocenters. The number of hydrogen-bond donors (Lipinski definition) is 1. The first-order valence-electron chi connectivity index (χ1n) is 8.16. The highest BCUT2D eigenvalue weighted by Crippen LogP contribution is 2.23. The van der Waals surface area contributed by atoms with Crippen LogP contribution in [0.2, 0.25) is 0 Å². The number of nitrogens with zero attached hydrogens (tertiary/aromatic N) is 2. The molecule has 0 bridgehead atoms. The van der Waals surface area contributed by atoms with Crippen LogP contribution in [-0.2, 0) is 4.74 Å². The van der Waals surface area contributed by atoms with Gasteiger partial charge in [-0.15, -0.1) is 0 Å². The van der Waals surface area contributed by atoms with Gasteiger partial charge in [0, 0.05) is 19.6 Å². The summed E-state index contributed by atoms with van der Waals surface area (Å²) < 4.78 is 42.8. The van der Waals surface area contributed by atoms with E-state index in [4.69, 9.17) is 4.74 Å². The summed E-state index contributed by atoms with van der Waals surface area (Å²) in [6.07, 6.45) is -2.64. The topological polar surface area (TPSA) is 44.8 Å². The van der Waals surface area contributed by atoms with Gasteiger partial charge in [0.2, 0.25) is 0 Å². The van der Waals surface area contributed by atoms with Crippen molar-refractivity contribution in [3.8, 4) is 0 Å². The van der Waals surface area contributed by atoms with Crippen LogP contribution in [0.5, 0.6) is 0 Å². The average Bonchev–Trinajstić information content (AvgIpc) is 2.90. The number of alkyl halides is 3. The first kappa shape index (κ1) is 18.3. The number of halogens is 3. The SMILES string of the molecule is CC[C@]1(C)CN(C(=O)NC[C@@H]2CCN(CC(F)(F)F)C2)CCO1. The molecule has 134 valence electrons. The van der Waals surface area contributed by atoms with Crippen LogP contribution in [0.15, 0.2) is 0 Å². The Kier molecular flexibility index (Phi) is 5.78. The summed E-state index contributed by atoms with van der Waals surface area (Å²) in [5.41, 5.74) is -0.313. The summed E-state index contributed by atoms with van der Waals surface area (Å²) in [6, 6.07) is -0.151. The lowest BCUT2D eigenvalue weighted by Crippen LogP contribution is -2.54. The maximum absolute atomic E-state index is 12.4. The number of likely N-dealkylation sites (tertiary alicyclic amines) is 1. The smallest absolute Gasteiger partial charge is 0.372 e. The van der Waals surface area contributed by atoms with Gasteiger partial charge in [-0.1, -0.05) is 6.92 Å². The molecule has 0 aromatic heterocycles. The van der Waals surface area contributed by atoms with Crippen LogP contribution in [0.1, 0.15) is 26.7 Å². The highest BCUT2D eigenvalue weighted by Gasteiger charge is 2.35. The van der Waals surface area contributed by atoms with Crippen molar-refractivity contribution < 1.29 is 22.7 Å². The fourth-order valence-electron chi connectivity index (χ4n) is 3.14. The van der Waals surface area contributed by atoms with Crippen molar-refractivity contribution in [2.24, 2.45) is 5.92 Å². The average molecular weight is 337 g/mol. The number of amides is 2. The van der Waals surface area contributed by atoms with Crippen molar-refractivity contribution in [2.45, 2.75) is 38.5 Å². The Morgan fingerprint density at radius 1 is 1.39 bits per heavy atom. The number of rotatable bonds is 4. The third-order valence-electron chi connectivity index (χ3n) is 4.69. The standard InChI is InChI=1S/C15H26F3N3O2/c1-3-14(2)10-21(6-7-23-14)13(22)19-8-12-4-5-20(9-12)11-15(16,17)18/h12H,3-11H2,1-2H3,(H,19,22)/t12-,14+/m0/s1. The highest BCUT2D eigenvalue weighted by atomic mass is 19.4. The van der Waals surface area contributed by atoms with Crippen molar-refractivity contribution in [3.05, 3.63) is 0 Å². The zero-order valence-corrected chi connectivity index (χ0v) is 13.8. The summed E-state index contributed by atoms with van der Waals surface area (Å²) in [6.45, 7) is 5.99. The Labute approximate surface area is 135 Å². The van der Waals surface area contributed by atoms with E-state index in [1.54, 1.807) is 4.90 Å². The minimum Gasteiger partial charge on any atom is -0.372 e. The lowest BCUT2D eigenvalue weighted by Gasteiger charge is -2.40. The Balaban J connectivity index is 1.73. The van der Waals surface area contributed by atoms with Gasteiger partial charge in [0.05, 0.1) is 25.3 Å². The fourth-order valence-corrected chi connectivity index (χ4v) is 3.14. The summed E-state index contributed by atoms with van der Waals surface area (Å²) in [4.78, 5) is 15.4. The molecule has 2 aliphatic rings. The van der Waals surface area contributed by atoms with E-state index in [2.05, 4.69) is 5.32 Å². The minimum absolute atomic E-state index is 0.0832. The van der Waals surface area contributed by atoms with Gasteiger partial charge < -0.3 is 15.0 Å². The van der Waals surface area contributed by atoms with Crippen LogP contribution in [0.25, 0.3) is 0 Å². The Bertz CT molecular complexity index is 419. The Morgan fingerprint density at radius 2 is 2.13 bits per heavy atom. The quantitative estimate of drug-likeness (QED) is 0.854. The molecule has 2 saturated heterocycles. The molecule has 0 spiro atoms. The van der Waals surface area contributed by atoms with E-state index in [1.807, 2.05) is 13.8 Å². The van der Waals surface area contributed by atoms with Crippen molar-refractivity contribution >= 4 is 6.03 Å². The zero-order chi connectivity index (χ0) is 17.1. The predicted molar refractivity (Wildman–Crippen MR) is 80.2 cm³/mol. The number of morpholine rings is 1. The molecule has 2 heterocycles. The highest BCUT2D eigenvalue weighted by molar-refractivity contribution is 5.74. The van der Waals surface area contributed by atoms with E-state index >= 15 is 0 Å². The summed E-state index contributed by atoms with van der Waals surface area (Å²) in [5, 5.41) is 2.86. The molecule has 2 atom stereocenters.